The molecule has 0 amide bonds. The third-order valence-corrected chi connectivity index (χ3v) is 4.31. The molecule has 0 radical (unpaired) electrons. The molecule has 0 N–H and O–H groups in total. The molecule has 1 aromatic heterocycles. The first-order valence-electron chi connectivity index (χ1n) is 7.04. The Morgan fingerprint density at radius 2 is 1.95 bits per heavy atom. The number of piperazine rings is 1. The number of halogens is 4. The van der Waals surface area contributed by atoms with Crippen molar-refractivity contribution >= 4 is 17.4 Å². The quantitative estimate of drug-likeness (QED) is 0.745. The average molecular weight is 321 g/mol. The van der Waals surface area contributed by atoms with Crippen LogP contribution in [-0.2, 0) is 6.18 Å². The van der Waals surface area contributed by atoms with Gasteiger partial charge in [-0.25, -0.2) is 9.97 Å². The molecule has 1 unspecified atom stereocenters. The topological polar surface area (TPSA) is 32.3 Å². The molecule has 2 fully saturated rings. The lowest BCUT2D eigenvalue weighted by atomic mass is 9.99. The normalized spacial score (nSPS) is 24.0. The van der Waals surface area contributed by atoms with E-state index in [2.05, 4.69) is 14.9 Å². The number of anilines is 1. The van der Waals surface area contributed by atoms with Gasteiger partial charge in [-0.2, -0.15) is 13.2 Å². The van der Waals surface area contributed by atoms with E-state index in [1.807, 2.05) is 4.90 Å². The Labute approximate surface area is 125 Å². The summed E-state index contributed by atoms with van der Waals surface area (Å²) in [5.74, 6) is 0.271. The molecule has 2 aliphatic heterocycles. The van der Waals surface area contributed by atoms with Crippen molar-refractivity contribution in [1.29, 1.82) is 0 Å². The largest absolute Gasteiger partial charge is 0.433 e. The van der Waals surface area contributed by atoms with Crippen molar-refractivity contribution < 1.29 is 13.2 Å². The second-order valence-corrected chi connectivity index (χ2v) is 5.85. The van der Waals surface area contributed by atoms with Crippen LogP contribution in [-0.4, -0.2) is 47.1 Å². The van der Waals surface area contributed by atoms with E-state index >= 15 is 0 Å². The van der Waals surface area contributed by atoms with E-state index in [4.69, 9.17) is 11.6 Å². The molecular formula is C13H16ClF3N4. The van der Waals surface area contributed by atoms with Crippen LogP contribution in [0, 0.1) is 0 Å². The molecule has 8 heteroatoms. The summed E-state index contributed by atoms with van der Waals surface area (Å²) in [6.45, 7) is 3.30. The van der Waals surface area contributed by atoms with Crippen molar-refractivity contribution in [3.63, 3.8) is 0 Å². The molecule has 1 atom stereocenters. The lowest BCUT2D eigenvalue weighted by Gasteiger charge is -2.44. The van der Waals surface area contributed by atoms with Crippen molar-refractivity contribution in [3.05, 3.63) is 17.0 Å². The molecule has 21 heavy (non-hydrogen) atoms. The number of fused-ring (bicyclic) bond motifs is 1. The zero-order chi connectivity index (χ0) is 15.0. The summed E-state index contributed by atoms with van der Waals surface area (Å²) in [7, 11) is 0. The van der Waals surface area contributed by atoms with Crippen molar-refractivity contribution in [1.82, 2.24) is 14.9 Å². The van der Waals surface area contributed by atoms with E-state index in [0.29, 0.717) is 19.1 Å². The Kier molecular flexibility index (Phi) is 3.96. The van der Waals surface area contributed by atoms with Crippen molar-refractivity contribution in [3.8, 4) is 0 Å². The standard InChI is InChI=1S/C13H16ClF3N4/c14-12-18-10(13(15,16)17)7-11(19-12)21-6-5-20-4-2-1-3-9(20)8-21/h7,9H,1-6,8H2. The van der Waals surface area contributed by atoms with Gasteiger partial charge in [0.2, 0.25) is 5.28 Å². The SMILES string of the molecule is FC(F)(F)c1cc(N2CCN3CCCCC3C2)nc(Cl)n1. The van der Waals surface area contributed by atoms with Crippen LogP contribution >= 0.6 is 11.6 Å². The van der Waals surface area contributed by atoms with Crippen LogP contribution in [0.15, 0.2) is 6.07 Å². The van der Waals surface area contributed by atoms with Crippen LogP contribution in [0.1, 0.15) is 25.0 Å². The second-order valence-electron chi connectivity index (χ2n) is 5.51. The smallest absolute Gasteiger partial charge is 0.354 e. The lowest BCUT2D eigenvalue weighted by Crippen LogP contribution is -2.55. The number of alkyl halides is 3. The number of rotatable bonds is 1. The highest BCUT2D eigenvalue weighted by molar-refractivity contribution is 6.28. The van der Waals surface area contributed by atoms with Crippen molar-refractivity contribution in [2.75, 3.05) is 31.1 Å². The van der Waals surface area contributed by atoms with E-state index < -0.39 is 11.9 Å². The Morgan fingerprint density at radius 3 is 2.71 bits per heavy atom. The van der Waals surface area contributed by atoms with Gasteiger partial charge in [0.25, 0.3) is 0 Å². The van der Waals surface area contributed by atoms with Gasteiger partial charge in [-0.15, -0.1) is 0 Å². The number of hydrogen-bond acceptors (Lipinski definition) is 4. The summed E-state index contributed by atoms with van der Waals surface area (Å²) in [5, 5.41) is -0.356. The molecule has 1 aromatic rings. The van der Waals surface area contributed by atoms with Crippen LogP contribution in [0.25, 0.3) is 0 Å². The first-order valence-corrected chi connectivity index (χ1v) is 7.42. The van der Waals surface area contributed by atoms with E-state index in [1.165, 1.54) is 12.8 Å². The molecule has 0 aromatic carbocycles. The molecule has 0 aliphatic carbocycles. The van der Waals surface area contributed by atoms with Crippen LogP contribution < -0.4 is 4.90 Å². The molecule has 0 bridgehead atoms. The zero-order valence-corrected chi connectivity index (χ0v) is 12.2. The van der Waals surface area contributed by atoms with Gasteiger partial charge in [0, 0.05) is 31.7 Å². The predicted octanol–water partition coefficient (Wildman–Crippen LogP) is 2.82. The fourth-order valence-electron chi connectivity index (χ4n) is 3.08. The lowest BCUT2D eigenvalue weighted by molar-refractivity contribution is -0.141. The van der Waals surface area contributed by atoms with Gasteiger partial charge in [-0.1, -0.05) is 6.42 Å². The maximum absolute atomic E-state index is 12.8. The van der Waals surface area contributed by atoms with E-state index in [9.17, 15) is 13.2 Å². The third-order valence-electron chi connectivity index (χ3n) is 4.14. The minimum Gasteiger partial charge on any atom is -0.354 e. The Bertz CT molecular complexity index is 523. The maximum Gasteiger partial charge on any atom is 0.433 e. The highest BCUT2D eigenvalue weighted by atomic mass is 35.5. The molecule has 2 saturated heterocycles. The molecule has 3 heterocycles. The average Bonchev–Trinajstić information content (AvgIpc) is 2.45. The summed E-state index contributed by atoms with van der Waals surface area (Å²) in [6.07, 6.45) is -1.04. The monoisotopic (exact) mass is 320 g/mol. The highest BCUT2D eigenvalue weighted by Crippen LogP contribution is 2.31. The molecular weight excluding hydrogens is 305 g/mol. The third kappa shape index (κ3) is 3.23. The molecule has 4 nitrogen and oxygen atoms in total. The minimum atomic E-state index is -4.51. The highest BCUT2D eigenvalue weighted by Gasteiger charge is 2.35. The van der Waals surface area contributed by atoms with Gasteiger partial charge in [-0.3, -0.25) is 4.90 Å². The van der Waals surface area contributed by atoms with Crippen LogP contribution in [0.5, 0.6) is 0 Å². The van der Waals surface area contributed by atoms with E-state index in [1.54, 1.807) is 0 Å². The van der Waals surface area contributed by atoms with Gasteiger partial charge < -0.3 is 4.90 Å². The van der Waals surface area contributed by atoms with E-state index in [-0.39, 0.29) is 11.1 Å². The van der Waals surface area contributed by atoms with E-state index in [0.717, 1.165) is 25.6 Å². The fourth-order valence-corrected chi connectivity index (χ4v) is 3.25. The number of hydrogen-bond donors (Lipinski definition) is 0. The molecule has 2 aliphatic rings. The summed E-state index contributed by atoms with van der Waals surface area (Å²) in [6, 6.07) is 1.39. The minimum absolute atomic E-state index is 0.271. The van der Waals surface area contributed by atoms with Crippen LogP contribution in [0.2, 0.25) is 5.28 Å². The van der Waals surface area contributed by atoms with Gasteiger partial charge >= 0.3 is 6.18 Å². The second kappa shape index (κ2) is 5.61. The molecule has 116 valence electrons. The first kappa shape index (κ1) is 14.8. The van der Waals surface area contributed by atoms with Crippen LogP contribution in [0.4, 0.5) is 19.0 Å². The number of aromatic nitrogens is 2. The number of nitrogens with zero attached hydrogens (tertiary/aromatic N) is 4. The molecule has 3 rings (SSSR count). The first-order chi connectivity index (χ1) is 9.93. The van der Waals surface area contributed by atoms with Crippen LogP contribution in [0.3, 0.4) is 0 Å². The Balaban J connectivity index is 1.82. The van der Waals surface area contributed by atoms with Crippen molar-refractivity contribution in [2.24, 2.45) is 0 Å². The zero-order valence-electron chi connectivity index (χ0n) is 11.4. The summed E-state index contributed by atoms with van der Waals surface area (Å²) < 4.78 is 38.4. The Morgan fingerprint density at radius 1 is 1.14 bits per heavy atom. The van der Waals surface area contributed by atoms with Crippen molar-refractivity contribution in [2.45, 2.75) is 31.5 Å². The van der Waals surface area contributed by atoms with Gasteiger partial charge in [-0.05, 0) is 31.0 Å². The summed E-state index contributed by atoms with van der Waals surface area (Å²) in [5.41, 5.74) is -0.983. The summed E-state index contributed by atoms with van der Waals surface area (Å²) >= 11 is 5.65. The maximum atomic E-state index is 12.8. The predicted molar refractivity (Wildman–Crippen MR) is 73.5 cm³/mol. The summed E-state index contributed by atoms with van der Waals surface area (Å²) in [4.78, 5) is 11.5. The molecule has 0 saturated carbocycles. The van der Waals surface area contributed by atoms with Gasteiger partial charge in [0.15, 0.2) is 5.69 Å². The fraction of sp³-hybridized carbons (Fsp3) is 0.692. The molecule has 0 spiro atoms. The Hall–Kier alpha value is -1.08. The number of piperidine rings is 1. The van der Waals surface area contributed by atoms with Gasteiger partial charge in [0.1, 0.15) is 5.82 Å². The van der Waals surface area contributed by atoms with Gasteiger partial charge in [0.05, 0.1) is 0 Å².